The summed E-state index contributed by atoms with van der Waals surface area (Å²) in [7, 11) is 0. The summed E-state index contributed by atoms with van der Waals surface area (Å²) in [5.41, 5.74) is 2.46. The molecule has 0 amide bonds. The molecule has 0 atom stereocenters. The van der Waals surface area contributed by atoms with Crippen LogP contribution in [-0.4, -0.2) is 9.55 Å². The van der Waals surface area contributed by atoms with Crippen molar-refractivity contribution in [3.8, 4) is 11.8 Å². The van der Waals surface area contributed by atoms with Gasteiger partial charge in [-0.05, 0) is 30.3 Å². The number of nitriles is 1. The van der Waals surface area contributed by atoms with Gasteiger partial charge in [-0.1, -0.05) is 11.6 Å². The van der Waals surface area contributed by atoms with E-state index in [1.807, 2.05) is 0 Å². The van der Waals surface area contributed by atoms with E-state index in [0.717, 1.165) is 5.69 Å². The molecule has 0 fully saturated rings. The van der Waals surface area contributed by atoms with E-state index >= 15 is 0 Å². The summed E-state index contributed by atoms with van der Waals surface area (Å²) in [4.78, 5) is 4.37. The number of imidazole rings is 1. The van der Waals surface area contributed by atoms with Crippen molar-refractivity contribution in [3.63, 3.8) is 0 Å². The van der Waals surface area contributed by atoms with E-state index in [-0.39, 0.29) is 10.9 Å². The molecule has 2 aromatic carbocycles. The van der Waals surface area contributed by atoms with Crippen LogP contribution in [0.1, 0.15) is 11.4 Å². The van der Waals surface area contributed by atoms with Crippen LogP contribution in [0.25, 0.3) is 16.7 Å². The fraction of sp³-hybridized carbons (Fsp3) is 0.0667. The minimum atomic E-state index is -0.514. The molecule has 0 unspecified atom stereocenters. The van der Waals surface area contributed by atoms with Gasteiger partial charge in [0, 0.05) is 11.8 Å². The fourth-order valence-corrected chi connectivity index (χ4v) is 2.52. The number of halogens is 3. The quantitative estimate of drug-likeness (QED) is 0.656. The van der Waals surface area contributed by atoms with Crippen LogP contribution >= 0.6 is 23.2 Å². The highest BCUT2D eigenvalue weighted by molar-refractivity contribution is 6.31. The Balaban J connectivity index is 2.28. The number of rotatable bonds is 2. The van der Waals surface area contributed by atoms with Crippen molar-refractivity contribution in [2.75, 3.05) is 0 Å². The topological polar surface area (TPSA) is 41.6 Å². The first-order chi connectivity index (χ1) is 10.1. The molecule has 0 radical (unpaired) electrons. The van der Waals surface area contributed by atoms with Gasteiger partial charge in [-0.25, -0.2) is 9.37 Å². The average molecular weight is 320 g/mol. The smallest absolute Gasteiger partial charge is 0.144 e. The fourth-order valence-electron chi connectivity index (χ4n) is 2.19. The zero-order chi connectivity index (χ0) is 15.0. The van der Waals surface area contributed by atoms with Crippen molar-refractivity contribution in [3.05, 3.63) is 58.6 Å². The highest BCUT2D eigenvalue weighted by Gasteiger charge is 2.14. The van der Waals surface area contributed by atoms with Crippen molar-refractivity contribution in [2.45, 2.75) is 5.88 Å². The maximum absolute atomic E-state index is 13.7. The van der Waals surface area contributed by atoms with Crippen LogP contribution in [0, 0.1) is 17.1 Å². The lowest BCUT2D eigenvalue weighted by Crippen LogP contribution is -1.99. The van der Waals surface area contributed by atoms with Gasteiger partial charge in [0.2, 0.25) is 0 Å². The van der Waals surface area contributed by atoms with Gasteiger partial charge in [0.15, 0.2) is 0 Å². The molecule has 3 rings (SSSR count). The van der Waals surface area contributed by atoms with Crippen LogP contribution in [0.3, 0.4) is 0 Å². The zero-order valence-corrected chi connectivity index (χ0v) is 12.2. The molecule has 6 heteroatoms. The lowest BCUT2D eigenvalue weighted by Gasteiger charge is -2.08. The van der Waals surface area contributed by atoms with Gasteiger partial charge in [0.05, 0.1) is 33.6 Å². The van der Waals surface area contributed by atoms with Gasteiger partial charge in [0.25, 0.3) is 0 Å². The molecule has 0 saturated carbocycles. The second-order valence-corrected chi connectivity index (χ2v) is 5.09. The summed E-state index contributed by atoms with van der Waals surface area (Å²) in [6.07, 6.45) is 0. The molecule has 0 bridgehead atoms. The van der Waals surface area contributed by atoms with Crippen LogP contribution in [0.5, 0.6) is 0 Å². The van der Waals surface area contributed by atoms with Crippen molar-refractivity contribution >= 4 is 34.2 Å². The summed E-state index contributed by atoms with van der Waals surface area (Å²) < 4.78 is 15.5. The lowest BCUT2D eigenvalue weighted by atomic mass is 10.2. The Morgan fingerprint density at radius 2 is 1.95 bits per heavy atom. The summed E-state index contributed by atoms with van der Waals surface area (Å²) in [5, 5.41) is 8.87. The van der Waals surface area contributed by atoms with E-state index in [4.69, 9.17) is 28.5 Å². The Morgan fingerprint density at radius 3 is 2.57 bits per heavy atom. The number of fused-ring (bicyclic) bond motifs is 1. The van der Waals surface area contributed by atoms with E-state index in [2.05, 4.69) is 11.1 Å². The highest BCUT2D eigenvalue weighted by atomic mass is 35.5. The Labute approximate surface area is 130 Å². The molecule has 3 nitrogen and oxygen atoms in total. The molecule has 0 aliphatic heterocycles. The molecular weight excluding hydrogens is 312 g/mol. The van der Waals surface area contributed by atoms with E-state index in [9.17, 15) is 4.39 Å². The van der Waals surface area contributed by atoms with Crippen LogP contribution < -0.4 is 0 Å². The first kappa shape index (κ1) is 13.9. The third-order valence-corrected chi connectivity index (χ3v) is 3.67. The van der Waals surface area contributed by atoms with Crippen LogP contribution in [-0.2, 0) is 5.88 Å². The molecule has 1 heterocycles. The molecule has 0 aliphatic rings. The molecule has 0 saturated heterocycles. The van der Waals surface area contributed by atoms with Crippen molar-refractivity contribution < 1.29 is 4.39 Å². The summed E-state index contributed by atoms with van der Waals surface area (Å²) in [6.45, 7) is 0. The first-order valence-electron chi connectivity index (χ1n) is 6.07. The molecule has 0 N–H and O–H groups in total. The van der Waals surface area contributed by atoms with Crippen LogP contribution in [0.2, 0.25) is 5.02 Å². The monoisotopic (exact) mass is 319 g/mol. The Morgan fingerprint density at radius 1 is 1.24 bits per heavy atom. The predicted octanol–water partition coefficient (Wildman–Crippen LogP) is 4.43. The van der Waals surface area contributed by atoms with E-state index in [1.165, 1.54) is 12.1 Å². The number of aromatic nitrogens is 2. The van der Waals surface area contributed by atoms with Gasteiger partial charge in [-0.3, -0.25) is 4.57 Å². The van der Waals surface area contributed by atoms with E-state index in [1.54, 1.807) is 28.8 Å². The summed E-state index contributed by atoms with van der Waals surface area (Å²) >= 11 is 11.7. The number of hydrogen-bond acceptors (Lipinski definition) is 2. The first-order valence-corrected chi connectivity index (χ1v) is 6.98. The Bertz CT molecular complexity index is 863. The van der Waals surface area contributed by atoms with Crippen molar-refractivity contribution in [2.24, 2.45) is 0 Å². The number of hydrogen-bond donors (Lipinski definition) is 0. The zero-order valence-electron chi connectivity index (χ0n) is 10.6. The maximum atomic E-state index is 13.7. The maximum Gasteiger partial charge on any atom is 0.144 e. The standard InChI is InChI=1S/C15H8Cl2FN3/c16-7-15-20-13-5-11(17)12(18)6-14(13)21(15)10-3-1-9(8-19)2-4-10/h1-6H,7H2. The normalized spacial score (nSPS) is 10.8. The van der Waals surface area contributed by atoms with Crippen molar-refractivity contribution in [1.82, 2.24) is 9.55 Å². The highest BCUT2D eigenvalue weighted by Crippen LogP contribution is 2.27. The molecule has 0 aliphatic carbocycles. The SMILES string of the molecule is N#Cc1ccc(-n2c(CCl)nc3cc(Cl)c(F)cc32)cc1. The minimum Gasteiger partial charge on any atom is -0.295 e. The third-order valence-electron chi connectivity index (χ3n) is 3.14. The summed E-state index contributed by atoms with van der Waals surface area (Å²) in [6, 6.07) is 11.8. The van der Waals surface area contributed by atoms with E-state index in [0.29, 0.717) is 22.4 Å². The lowest BCUT2D eigenvalue weighted by molar-refractivity contribution is 0.629. The minimum absolute atomic E-state index is 0.0214. The molecule has 104 valence electrons. The molecule has 21 heavy (non-hydrogen) atoms. The average Bonchev–Trinajstić information content (AvgIpc) is 2.85. The molecule has 1 aromatic heterocycles. The predicted molar refractivity (Wildman–Crippen MR) is 80.3 cm³/mol. The van der Waals surface area contributed by atoms with Crippen molar-refractivity contribution in [1.29, 1.82) is 5.26 Å². The molecule has 0 spiro atoms. The number of nitrogens with zero attached hydrogens (tertiary/aromatic N) is 3. The third kappa shape index (κ3) is 2.35. The second kappa shape index (κ2) is 5.36. The molecule has 3 aromatic rings. The largest absolute Gasteiger partial charge is 0.295 e. The van der Waals surface area contributed by atoms with Gasteiger partial charge >= 0.3 is 0 Å². The number of alkyl halides is 1. The van der Waals surface area contributed by atoms with Crippen LogP contribution in [0.15, 0.2) is 36.4 Å². The Kier molecular flexibility index (Phi) is 3.54. The van der Waals surface area contributed by atoms with Gasteiger partial charge in [0.1, 0.15) is 11.6 Å². The number of benzene rings is 2. The van der Waals surface area contributed by atoms with E-state index < -0.39 is 5.82 Å². The summed E-state index contributed by atoms with van der Waals surface area (Å²) in [5.74, 6) is 0.242. The second-order valence-electron chi connectivity index (χ2n) is 4.41. The Hall–Kier alpha value is -2.09. The van der Waals surface area contributed by atoms with Gasteiger partial charge in [-0.15, -0.1) is 11.6 Å². The van der Waals surface area contributed by atoms with Gasteiger partial charge < -0.3 is 0 Å². The van der Waals surface area contributed by atoms with Gasteiger partial charge in [-0.2, -0.15) is 5.26 Å². The molecular formula is C15H8Cl2FN3. The van der Waals surface area contributed by atoms with Crippen LogP contribution in [0.4, 0.5) is 4.39 Å².